The quantitative estimate of drug-likeness (QED) is 0.738. The molecule has 24 heavy (non-hydrogen) atoms. The molecule has 0 spiro atoms. The largest absolute Gasteiger partial charge is 0.479 e. The zero-order chi connectivity index (χ0) is 17.5. The molecule has 6 nitrogen and oxygen atoms in total. The van der Waals surface area contributed by atoms with Crippen molar-refractivity contribution in [2.24, 2.45) is 0 Å². The molecular formula is C18H15NO5. The summed E-state index contributed by atoms with van der Waals surface area (Å²) in [6.45, 7) is 5.12. The highest BCUT2D eigenvalue weighted by Gasteiger charge is 2.41. The van der Waals surface area contributed by atoms with Crippen molar-refractivity contribution < 1.29 is 23.8 Å². The lowest BCUT2D eigenvalue weighted by atomic mass is 9.90. The zero-order valence-electron chi connectivity index (χ0n) is 13.5. The summed E-state index contributed by atoms with van der Waals surface area (Å²) in [7, 11) is 0. The number of ether oxygens (including phenoxy) is 3. The van der Waals surface area contributed by atoms with Crippen molar-refractivity contribution >= 4 is 11.8 Å². The second-order valence-electron chi connectivity index (χ2n) is 6.37. The molecule has 1 atom stereocenters. The minimum Gasteiger partial charge on any atom is -0.479 e. The SMILES string of the molecule is CC(C)(C)OC(=O)C1=C(C#N)C2Oc3ccccc3C(=O)C2=CO1. The van der Waals surface area contributed by atoms with Crippen LogP contribution in [0.5, 0.6) is 5.75 Å². The Morgan fingerprint density at radius 2 is 2.00 bits per heavy atom. The van der Waals surface area contributed by atoms with E-state index < -0.39 is 17.7 Å². The van der Waals surface area contributed by atoms with Crippen LogP contribution in [0.25, 0.3) is 0 Å². The van der Waals surface area contributed by atoms with Crippen LogP contribution >= 0.6 is 0 Å². The summed E-state index contributed by atoms with van der Waals surface area (Å²) in [5, 5.41) is 9.47. The van der Waals surface area contributed by atoms with E-state index in [-0.39, 0.29) is 22.7 Å². The van der Waals surface area contributed by atoms with Crippen LogP contribution in [0.4, 0.5) is 0 Å². The molecule has 0 saturated carbocycles. The van der Waals surface area contributed by atoms with Crippen LogP contribution in [0, 0.1) is 11.3 Å². The summed E-state index contributed by atoms with van der Waals surface area (Å²) in [6, 6.07) is 8.63. The van der Waals surface area contributed by atoms with Crippen LogP contribution in [-0.4, -0.2) is 23.5 Å². The van der Waals surface area contributed by atoms with Gasteiger partial charge in [-0.15, -0.1) is 0 Å². The number of Topliss-reactive ketones (excluding diaryl/α,β-unsaturated/α-hetero) is 1. The van der Waals surface area contributed by atoms with Crippen LogP contribution < -0.4 is 4.74 Å². The highest BCUT2D eigenvalue weighted by molar-refractivity contribution is 6.13. The standard InChI is InChI=1S/C18H15NO5/c1-18(2,3)24-17(21)16-11(8-19)15-12(9-22-16)14(20)10-6-4-5-7-13(10)23-15/h4-7,9,15H,1-3H3. The molecule has 0 radical (unpaired) electrons. The summed E-state index contributed by atoms with van der Waals surface area (Å²) in [5.74, 6) is -0.960. The number of esters is 1. The third-order valence-corrected chi connectivity index (χ3v) is 3.44. The van der Waals surface area contributed by atoms with Crippen LogP contribution in [0.15, 0.2) is 47.4 Å². The lowest BCUT2D eigenvalue weighted by molar-refractivity contribution is -0.153. The van der Waals surface area contributed by atoms with Gasteiger partial charge in [0, 0.05) is 0 Å². The topological polar surface area (TPSA) is 85.6 Å². The van der Waals surface area contributed by atoms with Gasteiger partial charge in [-0.25, -0.2) is 4.79 Å². The van der Waals surface area contributed by atoms with Crippen molar-refractivity contribution in [1.29, 1.82) is 5.26 Å². The van der Waals surface area contributed by atoms with Crippen LogP contribution in [0.2, 0.25) is 0 Å². The van der Waals surface area contributed by atoms with Crippen LogP contribution in [-0.2, 0) is 14.3 Å². The molecule has 2 heterocycles. The van der Waals surface area contributed by atoms with E-state index in [1.807, 2.05) is 6.07 Å². The molecule has 1 aromatic rings. The molecule has 1 unspecified atom stereocenters. The lowest BCUT2D eigenvalue weighted by Crippen LogP contribution is -2.36. The molecule has 6 heteroatoms. The number of nitrogens with zero attached hydrogens (tertiary/aromatic N) is 1. The van der Waals surface area contributed by atoms with Gasteiger partial charge in [0.2, 0.25) is 5.76 Å². The molecule has 1 aromatic carbocycles. The van der Waals surface area contributed by atoms with E-state index in [9.17, 15) is 14.9 Å². The highest BCUT2D eigenvalue weighted by atomic mass is 16.6. The van der Waals surface area contributed by atoms with Crippen LogP contribution in [0.1, 0.15) is 31.1 Å². The van der Waals surface area contributed by atoms with Gasteiger partial charge in [-0.2, -0.15) is 5.26 Å². The normalized spacial score (nSPS) is 19.2. The van der Waals surface area contributed by atoms with Crippen molar-refractivity contribution in [3.8, 4) is 11.8 Å². The first-order chi connectivity index (χ1) is 11.3. The molecule has 0 amide bonds. The smallest absolute Gasteiger partial charge is 0.375 e. The van der Waals surface area contributed by atoms with Crippen LogP contribution in [0.3, 0.4) is 0 Å². The molecule has 0 aliphatic carbocycles. The number of carbonyl (C=O) groups excluding carboxylic acids is 2. The van der Waals surface area contributed by atoms with Gasteiger partial charge in [-0.3, -0.25) is 4.79 Å². The minimum absolute atomic E-state index is 0.0791. The molecule has 3 rings (SSSR count). The molecule has 2 aliphatic heterocycles. The van der Waals surface area contributed by atoms with Gasteiger partial charge in [0.1, 0.15) is 29.3 Å². The van der Waals surface area contributed by atoms with Crippen molar-refractivity contribution in [1.82, 2.24) is 0 Å². The number of para-hydroxylation sites is 1. The number of nitriles is 1. The molecule has 122 valence electrons. The molecular weight excluding hydrogens is 310 g/mol. The summed E-state index contributed by atoms with van der Waals surface area (Å²) >= 11 is 0. The Bertz CT molecular complexity index is 836. The predicted molar refractivity (Wildman–Crippen MR) is 82.8 cm³/mol. The first-order valence-electron chi connectivity index (χ1n) is 7.36. The Balaban J connectivity index is 2.02. The van der Waals surface area contributed by atoms with E-state index in [0.29, 0.717) is 11.3 Å². The first-order valence-corrected chi connectivity index (χ1v) is 7.36. The van der Waals surface area contributed by atoms with Crippen molar-refractivity contribution in [3.63, 3.8) is 0 Å². The fraction of sp³-hybridized carbons (Fsp3) is 0.278. The summed E-state index contributed by atoms with van der Waals surface area (Å²) < 4.78 is 16.3. The van der Waals surface area contributed by atoms with Crippen molar-refractivity contribution in [3.05, 3.63) is 53.0 Å². The monoisotopic (exact) mass is 325 g/mol. The van der Waals surface area contributed by atoms with Gasteiger partial charge in [0.15, 0.2) is 11.9 Å². The van der Waals surface area contributed by atoms with Gasteiger partial charge in [0.25, 0.3) is 0 Å². The number of hydrogen-bond acceptors (Lipinski definition) is 6. The van der Waals surface area contributed by atoms with Crippen molar-refractivity contribution in [2.75, 3.05) is 0 Å². The average Bonchev–Trinajstić information content (AvgIpc) is 2.52. The molecule has 0 bridgehead atoms. The Morgan fingerprint density at radius 1 is 1.29 bits per heavy atom. The van der Waals surface area contributed by atoms with Gasteiger partial charge in [0.05, 0.1) is 11.1 Å². The van der Waals surface area contributed by atoms with Crippen molar-refractivity contribution in [2.45, 2.75) is 32.5 Å². The fourth-order valence-electron chi connectivity index (χ4n) is 2.45. The second kappa shape index (κ2) is 5.53. The fourth-order valence-corrected chi connectivity index (χ4v) is 2.45. The maximum absolute atomic E-state index is 12.5. The lowest BCUT2D eigenvalue weighted by Gasteiger charge is -2.30. The molecule has 2 aliphatic rings. The zero-order valence-corrected chi connectivity index (χ0v) is 13.5. The van der Waals surface area contributed by atoms with Gasteiger partial charge < -0.3 is 14.2 Å². The number of carbonyl (C=O) groups is 2. The maximum atomic E-state index is 12.5. The molecule has 0 saturated heterocycles. The molecule has 0 fully saturated rings. The molecule has 0 aromatic heterocycles. The molecule has 0 N–H and O–H groups in total. The van der Waals surface area contributed by atoms with E-state index in [1.54, 1.807) is 45.0 Å². The summed E-state index contributed by atoms with van der Waals surface area (Å²) in [6.07, 6.45) is 0.178. The number of fused-ring (bicyclic) bond motifs is 2. The Kier molecular flexibility index (Phi) is 3.64. The third-order valence-electron chi connectivity index (χ3n) is 3.44. The van der Waals surface area contributed by atoms with E-state index in [0.717, 1.165) is 6.26 Å². The Labute approximate surface area is 138 Å². The second-order valence-corrected chi connectivity index (χ2v) is 6.37. The van der Waals surface area contributed by atoms with E-state index in [2.05, 4.69) is 0 Å². The minimum atomic E-state index is -0.978. The van der Waals surface area contributed by atoms with E-state index in [4.69, 9.17) is 14.2 Å². The van der Waals surface area contributed by atoms with Gasteiger partial charge in [-0.1, -0.05) is 12.1 Å². The Hall–Kier alpha value is -3.07. The maximum Gasteiger partial charge on any atom is 0.375 e. The van der Waals surface area contributed by atoms with Gasteiger partial charge in [-0.05, 0) is 32.9 Å². The van der Waals surface area contributed by atoms with E-state index in [1.165, 1.54) is 0 Å². The average molecular weight is 325 g/mol. The van der Waals surface area contributed by atoms with Gasteiger partial charge >= 0.3 is 5.97 Å². The predicted octanol–water partition coefficient (Wildman–Crippen LogP) is 2.66. The number of rotatable bonds is 1. The highest BCUT2D eigenvalue weighted by Crippen LogP contribution is 2.37. The van der Waals surface area contributed by atoms with E-state index >= 15 is 0 Å². The Morgan fingerprint density at radius 3 is 2.67 bits per heavy atom. The number of hydrogen-bond donors (Lipinski definition) is 0. The third kappa shape index (κ3) is 2.65. The summed E-state index contributed by atoms with van der Waals surface area (Å²) in [4.78, 5) is 24.8. The summed E-state index contributed by atoms with van der Waals surface area (Å²) in [5.41, 5.74) is -0.253. The number of ketones is 1. The first kappa shape index (κ1) is 15.8. The number of benzene rings is 1.